The van der Waals surface area contributed by atoms with Gasteiger partial charge in [-0.1, -0.05) is 62.1 Å². The number of carbonyl (C=O) groups is 2. The highest BCUT2D eigenvalue weighted by atomic mass is 16.5. The predicted molar refractivity (Wildman–Crippen MR) is 132 cm³/mol. The lowest BCUT2D eigenvalue weighted by Crippen LogP contribution is -2.58. The molecule has 1 saturated carbocycles. The second kappa shape index (κ2) is 11.4. The second-order valence-corrected chi connectivity index (χ2v) is 9.18. The third-order valence-electron chi connectivity index (χ3n) is 7.01. The maximum atomic E-state index is 14.0. The summed E-state index contributed by atoms with van der Waals surface area (Å²) in [6, 6.07) is 15.2. The van der Waals surface area contributed by atoms with Crippen molar-refractivity contribution in [1.82, 2.24) is 9.80 Å². The van der Waals surface area contributed by atoms with Gasteiger partial charge in [-0.2, -0.15) is 0 Å². The topological polar surface area (TPSA) is 59.1 Å². The first kappa shape index (κ1) is 24.1. The fourth-order valence-electron chi connectivity index (χ4n) is 5.23. The van der Waals surface area contributed by atoms with Crippen LogP contribution in [0.4, 0.5) is 0 Å². The van der Waals surface area contributed by atoms with Crippen LogP contribution in [0.15, 0.2) is 48.5 Å². The molecule has 0 radical (unpaired) electrons. The summed E-state index contributed by atoms with van der Waals surface area (Å²) in [7, 11) is 1.60. The van der Waals surface area contributed by atoms with E-state index < -0.39 is 6.04 Å². The fraction of sp³-hybridized carbons (Fsp3) is 0.500. The molecule has 1 atom stereocenters. The maximum Gasteiger partial charge on any atom is 0.250 e. The maximum absolute atomic E-state index is 14.0. The molecule has 0 unspecified atom stereocenters. The van der Waals surface area contributed by atoms with Gasteiger partial charge in [0.15, 0.2) is 11.5 Å². The number of hydrogen-bond acceptors (Lipinski definition) is 4. The van der Waals surface area contributed by atoms with Crippen molar-refractivity contribution in [2.24, 2.45) is 0 Å². The molecular weight excluding hydrogens is 428 g/mol. The van der Waals surface area contributed by atoms with Gasteiger partial charge in [-0.15, -0.1) is 0 Å². The molecule has 4 rings (SSSR count). The molecule has 1 saturated heterocycles. The van der Waals surface area contributed by atoms with Crippen molar-refractivity contribution in [1.29, 1.82) is 0 Å². The summed E-state index contributed by atoms with van der Waals surface area (Å²) in [4.78, 5) is 31.1. The molecular formula is C28H36N2O4. The summed E-state index contributed by atoms with van der Waals surface area (Å²) in [6.07, 6.45) is 7.28. The van der Waals surface area contributed by atoms with E-state index in [1.54, 1.807) is 12.0 Å². The predicted octanol–water partition coefficient (Wildman–Crippen LogP) is 4.77. The smallest absolute Gasteiger partial charge is 0.250 e. The van der Waals surface area contributed by atoms with Gasteiger partial charge in [-0.3, -0.25) is 9.59 Å². The molecule has 6 heteroatoms. The molecule has 34 heavy (non-hydrogen) atoms. The van der Waals surface area contributed by atoms with Crippen LogP contribution in [0.5, 0.6) is 11.5 Å². The van der Waals surface area contributed by atoms with Crippen LogP contribution in [-0.4, -0.2) is 54.5 Å². The first-order valence-corrected chi connectivity index (χ1v) is 12.6. The molecule has 6 nitrogen and oxygen atoms in total. The van der Waals surface area contributed by atoms with Gasteiger partial charge in [0.25, 0.3) is 5.91 Å². The lowest BCUT2D eigenvalue weighted by Gasteiger charge is -2.43. The van der Waals surface area contributed by atoms with E-state index in [0.717, 1.165) is 36.8 Å². The highest BCUT2D eigenvalue weighted by molar-refractivity contribution is 5.96. The lowest BCUT2D eigenvalue weighted by atomic mass is 9.96. The molecule has 0 aromatic heterocycles. The molecule has 0 bridgehead atoms. The Morgan fingerprint density at radius 1 is 0.941 bits per heavy atom. The summed E-state index contributed by atoms with van der Waals surface area (Å²) in [5, 5.41) is 0. The van der Waals surface area contributed by atoms with Gasteiger partial charge in [0, 0.05) is 12.6 Å². The van der Waals surface area contributed by atoms with E-state index in [2.05, 4.69) is 12.1 Å². The van der Waals surface area contributed by atoms with E-state index in [9.17, 15) is 9.59 Å². The Bertz CT molecular complexity index is 970. The van der Waals surface area contributed by atoms with E-state index >= 15 is 0 Å². The van der Waals surface area contributed by atoms with E-state index in [1.807, 2.05) is 48.2 Å². The molecule has 1 heterocycles. The number of methoxy groups -OCH3 is 1. The van der Waals surface area contributed by atoms with Gasteiger partial charge < -0.3 is 19.3 Å². The first-order valence-electron chi connectivity index (χ1n) is 12.6. The van der Waals surface area contributed by atoms with Crippen molar-refractivity contribution in [2.75, 3.05) is 26.8 Å². The Labute approximate surface area is 202 Å². The average Bonchev–Trinajstić information content (AvgIpc) is 3.15. The van der Waals surface area contributed by atoms with Crippen LogP contribution >= 0.6 is 0 Å². The zero-order valence-electron chi connectivity index (χ0n) is 20.4. The van der Waals surface area contributed by atoms with Crippen LogP contribution < -0.4 is 9.47 Å². The van der Waals surface area contributed by atoms with Crippen molar-refractivity contribution in [3.63, 3.8) is 0 Å². The van der Waals surface area contributed by atoms with Gasteiger partial charge in [0.1, 0.15) is 12.6 Å². The standard InChI is InChI=1S/C28H36N2O4/c1-3-34-24-16-15-22(19-25(24)33-2)27-28(32)30(23-13-9-4-5-10-14-23)20-26(31)29(27)18-17-21-11-7-6-8-12-21/h6-8,11-12,15-16,19,23,27H,3-5,9-10,13-14,17-18,20H2,1-2H3/t27-/m1/s1. The molecule has 1 aliphatic heterocycles. The molecule has 0 N–H and O–H groups in total. The number of ether oxygens (including phenoxy) is 2. The number of hydrogen-bond donors (Lipinski definition) is 0. The van der Waals surface area contributed by atoms with Crippen molar-refractivity contribution in [2.45, 2.75) is 64.0 Å². The van der Waals surface area contributed by atoms with Crippen LogP contribution in [0.25, 0.3) is 0 Å². The first-order chi connectivity index (χ1) is 16.6. The molecule has 2 amide bonds. The average molecular weight is 465 g/mol. The van der Waals surface area contributed by atoms with Crippen LogP contribution in [0.3, 0.4) is 0 Å². The van der Waals surface area contributed by atoms with E-state index in [4.69, 9.17) is 9.47 Å². The number of rotatable bonds is 8. The molecule has 2 aromatic carbocycles. The number of carbonyl (C=O) groups excluding carboxylic acids is 2. The Morgan fingerprint density at radius 2 is 1.68 bits per heavy atom. The van der Waals surface area contributed by atoms with Crippen molar-refractivity contribution in [3.05, 3.63) is 59.7 Å². The van der Waals surface area contributed by atoms with Gasteiger partial charge >= 0.3 is 0 Å². The van der Waals surface area contributed by atoms with E-state index in [0.29, 0.717) is 31.1 Å². The van der Waals surface area contributed by atoms with Crippen molar-refractivity contribution >= 4 is 11.8 Å². The van der Waals surface area contributed by atoms with Crippen molar-refractivity contribution in [3.8, 4) is 11.5 Å². The minimum absolute atomic E-state index is 0.0117. The van der Waals surface area contributed by atoms with Gasteiger partial charge in [0.2, 0.25) is 5.91 Å². The minimum Gasteiger partial charge on any atom is -0.493 e. The van der Waals surface area contributed by atoms with Crippen LogP contribution in [0, 0.1) is 0 Å². The third kappa shape index (κ3) is 5.37. The Hall–Kier alpha value is -3.02. The lowest BCUT2D eigenvalue weighted by molar-refractivity contribution is -0.158. The minimum atomic E-state index is -0.655. The van der Waals surface area contributed by atoms with Crippen LogP contribution in [0.1, 0.15) is 62.6 Å². The number of piperazine rings is 1. The Kier molecular flexibility index (Phi) is 8.09. The summed E-state index contributed by atoms with van der Waals surface area (Å²) in [5.41, 5.74) is 1.92. The number of amides is 2. The molecule has 2 aliphatic rings. The highest BCUT2D eigenvalue weighted by Crippen LogP contribution is 2.36. The Balaban J connectivity index is 1.66. The molecule has 2 aromatic rings. The number of benzene rings is 2. The number of nitrogens with zero attached hydrogens (tertiary/aromatic N) is 2. The van der Waals surface area contributed by atoms with Crippen molar-refractivity contribution < 1.29 is 19.1 Å². The molecule has 2 fully saturated rings. The second-order valence-electron chi connectivity index (χ2n) is 9.18. The van der Waals surface area contributed by atoms with Gasteiger partial charge in [-0.25, -0.2) is 0 Å². The third-order valence-corrected chi connectivity index (χ3v) is 7.01. The highest BCUT2D eigenvalue weighted by Gasteiger charge is 2.42. The normalized spacial score (nSPS) is 19.8. The largest absolute Gasteiger partial charge is 0.493 e. The quantitative estimate of drug-likeness (QED) is 0.528. The zero-order chi connectivity index (χ0) is 23.9. The SMILES string of the molecule is CCOc1ccc([C@@H]2C(=O)N(C3CCCCCC3)CC(=O)N2CCc2ccccc2)cc1OC. The van der Waals surface area contributed by atoms with E-state index in [-0.39, 0.29) is 24.4 Å². The summed E-state index contributed by atoms with van der Waals surface area (Å²) in [5.74, 6) is 1.25. The fourth-order valence-corrected chi connectivity index (χ4v) is 5.23. The molecule has 1 aliphatic carbocycles. The van der Waals surface area contributed by atoms with Gasteiger partial charge in [0.05, 0.1) is 13.7 Å². The van der Waals surface area contributed by atoms with Crippen LogP contribution in [0.2, 0.25) is 0 Å². The summed E-state index contributed by atoms with van der Waals surface area (Å²) >= 11 is 0. The van der Waals surface area contributed by atoms with Gasteiger partial charge in [-0.05, 0) is 49.4 Å². The molecule has 182 valence electrons. The zero-order valence-corrected chi connectivity index (χ0v) is 20.4. The van der Waals surface area contributed by atoms with Crippen LogP contribution in [-0.2, 0) is 16.0 Å². The Morgan fingerprint density at radius 3 is 2.35 bits per heavy atom. The monoisotopic (exact) mass is 464 g/mol. The van der Waals surface area contributed by atoms with E-state index in [1.165, 1.54) is 12.8 Å². The molecule has 0 spiro atoms. The summed E-state index contributed by atoms with van der Waals surface area (Å²) in [6.45, 7) is 3.11. The summed E-state index contributed by atoms with van der Waals surface area (Å²) < 4.78 is 11.2.